The summed E-state index contributed by atoms with van der Waals surface area (Å²) in [6.45, 7) is 0.612. The molecule has 10 heteroatoms. The third kappa shape index (κ3) is 5.43. The predicted octanol–water partition coefficient (Wildman–Crippen LogP) is 4.05. The van der Waals surface area contributed by atoms with Crippen molar-refractivity contribution in [1.29, 1.82) is 0 Å². The lowest BCUT2D eigenvalue weighted by molar-refractivity contribution is -0.125. The molecule has 0 bridgehead atoms. The first kappa shape index (κ1) is 24.1. The molecule has 2 aliphatic rings. The summed E-state index contributed by atoms with van der Waals surface area (Å²) >= 11 is 3.29. The minimum atomic E-state index is -0.717. The van der Waals surface area contributed by atoms with Gasteiger partial charge in [-0.1, -0.05) is 35.5 Å². The number of amides is 2. The van der Waals surface area contributed by atoms with Crippen molar-refractivity contribution in [3.05, 3.63) is 71.9 Å². The molecular formula is C26H25BrN4O5. The smallest absolute Gasteiger partial charge is 0.410 e. The number of hydrogen-bond donors (Lipinski definition) is 2. The largest absolute Gasteiger partial charge is 0.508 e. The normalized spacial score (nSPS) is 21.2. The number of phenols is 1. The van der Waals surface area contributed by atoms with Crippen molar-refractivity contribution in [1.82, 2.24) is 15.2 Å². The van der Waals surface area contributed by atoms with Crippen LogP contribution in [0.2, 0.25) is 0 Å². The third-order valence-electron chi connectivity index (χ3n) is 6.39. The molecule has 5 rings (SSSR count). The summed E-state index contributed by atoms with van der Waals surface area (Å²) in [6.07, 6.45) is 1.83. The summed E-state index contributed by atoms with van der Waals surface area (Å²) in [5, 5.41) is 17.6. The van der Waals surface area contributed by atoms with Gasteiger partial charge in [-0.25, -0.2) is 4.79 Å². The molecule has 9 nitrogen and oxygen atoms in total. The Bertz CT molecular complexity index is 1320. The second-order valence-electron chi connectivity index (χ2n) is 8.93. The molecular weight excluding hydrogens is 528 g/mol. The molecule has 0 spiro atoms. The molecule has 3 aromatic rings. The Hall–Kier alpha value is -3.66. The highest BCUT2D eigenvalue weighted by atomic mass is 79.9. The van der Waals surface area contributed by atoms with E-state index < -0.39 is 12.1 Å². The number of halogens is 1. The van der Waals surface area contributed by atoms with Gasteiger partial charge in [0.05, 0.1) is 12.1 Å². The van der Waals surface area contributed by atoms with Crippen molar-refractivity contribution in [3.8, 4) is 5.75 Å². The SMILES string of the molecule is O=C(NC[C@@H]1CC(Br)=NO1)[C@@H]1C[C@@H](c2cccc(O)c2)CN1C(=O)OCc1cnc2ccccc2c1. The molecule has 2 N–H and O–H groups in total. The van der Waals surface area contributed by atoms with Gasteiger partial charge >= 0.3 is 6.09 Å². The van der Waals surface area contributed by atoms with Crippen molar-refractivity contribution in [2.75, 3.05) is 13.1 Å². The molecule has 36 heavy (non-hydrogen) atoms. The van der Waals surface area contributed by atoms with Gasteiger partial charge < -0.3 is 20.0 Å². The monoisotopic (exact) mass is 552 g/mol. The number of phenolic OH excluding ortho intramolecular Hbond substituents is 1. The highest BCUT2D eigenvalue weighted by molar-refractivity contribution is 9.18. The number of rotatable bonds is 6. The molecule has 1 saturated heterocycles. The van der Waals surface area contributed by atoms with Gasteiger partial charge in [-0.05, 0) is 52.2 Å². The molecule has 1 aromatic heterocycles. The molecule has 3 heterocycles. The number of carbonyl (C=O) groups excluding carboxylic acids is 2. The van der Waals surface area contributed by atoms with Crippen LogP contribution in [0, 0.1) is 0 Å². The molecule has 2 amide bonds. The van der Waals surface area contributed by atoms with Crippen LogP contribution in [0.25, 0.3) is 10.9 Å². The average molecular weight is 553 g/mol. The summed E-state index contributed by atoms with van der Waals surface area (Å²) < 4.78 is 6.30. The van der Waals surface area contributed by atoms with Crippen LogP contribution >= 0.6 is 15.9 Å². The zero-order valence-electron chi connectivity index (χ0n) is 19.3. The second kappa shape index (κ2) is 10.5. The first-order valence-corrected chi connectivity index (χ1v) is 12.5. The van der Waals surface area contributed by atoms with Crippen molar-refractivity contribution in [2.24, 2.45) is 5.16 Å². The minimum absolute atomic E-state index is 0.0412. The predicted molar refractivity (Wildman–Crippen MR) is 137 cm³/mol. The number of oxime groups is 1. The van der Waals surface area contributed by atoms with E-state index in [1.165, 1.54) is 4.90 Å². The van der Waals surface area contributed by atoms with E-state index in [2.05, 4.69) is 31.4 Å². The van der Waals surface area contributed by atoms with Gasteiger partial charge in [0.2, 0.25) is 5.91 Å². The van der Waals surface area contributed by atoms with Crippen LogP contribution in [-0.2, 0) is 21.0 Å². The number of ether oxygens (including phenoxy) is 1. The van der Waals surface area contributed by atoms with E-state index in [0.29, 0.717) is 24.0 Å². The Morgan fingerprint density at radius 3 is 2.86 bits per heavy atom. The lowest BCUT2D eigenvalue weighted by Crippen LogP contribution is -2.47. The topological polar surface area (TPSA) is 113 Å². The van der Waals surface area contributed by atoms with E-state index in [9.17, 15) is 14.7 Å². The quantitative estimate of drug-likeness (QED) is 0.477. The number of aromatic nitrogens is 1. The highest BCUT2D eigenvalue weighted by Crippen LogP contribution is 2.34. The molecule has 186 valence electrons. The maximum Gasteiger partial charge on any atom is 0.410 e. The average Bonchev–Trinajstić information content (AvgIpc) is 3.52. The van der Waals surface area contributed by atoms with Gasteiger partial charge in [-0.15, -0.1) is 0 Å². The summed E-state index contributed by atoms with van der Waals surface area (Å²) in [5.74, 6) is -0.265. The number of aromatic hydroxyl groups is 1. The molecule has 2 aromatic carbocycles. The van der Waals surface area contributed by atoms with E-state index in [1.807, 2.05) is 36.4 Å². The molecule has 0 radical (unpaired) electrons. The fourth-order valence-electron chi connectivity index (χ4n) is 4.57. The minimum Gasteiger partial charge on any atom is -0.508 e. The standard InChI is InChI=1S/C26H25BrN4O5/c27-24-11-21(36-30-24)13-29-25(33)23-10-19(17-5-3-6-20(32)9-17)14-31(23)26(34)35-15-16-8-18-4-1-2-7-22(18)28-12-16/h1-9,12,19,21,23,32H,10-11,13-15H2,(H,29,33)/t19-,21+,23+/m1/s1. The van der Waals surface area contributed by atoms with Gasteiger partial charge in [-0.2, -0.15) is 0 Å². The molecule has 0 saturated carbocycles. The number of nitrogens with one attached hydrogen (secondary N) is 1. The first-order chi connectivity index (χ1) is 17.5. The number of carbonyl (C=O) groups is 2. The number of fused-ring (bicyclic) bond motifs is 1. The van der Waals surface area contributed by atoms with E-state index in [0.717, 1.165) is 22.0 Å². The van der Waals surface area contributed by atoms with Crippen molar-refractivity contribution < 1.29 is 24.3 Å². The number of nitrogens with zero attached hydrogens (tertiary/aromatic N) is 3. The first-order valence-electron chi connectivity index (χ1n) is 11.7. The highest BCUT2D eigenvalue weighted by Gasteiger charge is 2.41. The summed E-state index contributed by atoms with van der Waals surface area (Å²) in [4.78, 5) is 37.4. The number of hydrogen-bond acceptors (Lipinski definition) is 7. The number of likely N-dealkylation sites (tertiary alicyclic amines) is 1. The van der Waals surface area contributed by atoms with E-state index in [1.54, 1.807) is 24.4 Å². The zero-order valence-corrected chi connectivity index (χ0v) is 20.9. The molecule has 0 aliphatic carbocycles. The van der Waals surface area contributed by atoms with Gasteiger partial charge in [0.1, 0.15) is 23.0 Å². The number of pyridine rings is 1. The van der Waals surface area contributed by atoms with E-state index in [-0.39, 0.29) is 36.8 Å². The van der Waals surface area contributed by atoms with E-state index in [4.69, 9.17) is 9.57 Å². The van der Waals surface area contributed by atoms with Crippen LogP contribution in [0.15, 0.2) is 65.9 Å². The van der Waals surface area contributed by atoms with Crippen LogP contribution in [0.5, 0.6) is 5.75 Å². The van der Waals surface area contributed by atoms with E-state index >= 15 is 0 Å². The van der Waals surface area contributed by atoms with Gasteiger partial charge in [0.15, 0.2) is 6.10 Å². The summed E-state index contributed by atoms with van der Waals surface area (Å²) in [5.41, 5.74) is 2.48. The van der Waals surface area contributed by atoms with Crippen molar-refractivity contribution in [3.63, 3.8) is 0 Å². The molecule has 2 aliphatic heterocycles. The van der Waals surface area contributed by atoms with Gasteiger partial charge in [0.25, 0.3) is 0 Å². The molecule has 3 atom stereocenters. The van der Waals surface area contributed by atoms with Crippen LogP contribution < -0.4 is 5.32 Å². The van der Waals surface area contributed by atoms with Gasteiger partial charge in [-0.3, -0.25) is 14.7 Å². The Morgan fingerprint density at radius 1 is 1.19 bits per heavy atom. The maximum atomic E-state index is 13.1. The van der Waals surface area contributed by atoms with Crippen molar-refractivity contribution >= 4 is 43.5 Å². The van der Waals surface area contributed by atoms with Gasteiger partial charge in [0, 0.05) is 36.0 Å². The van der Waals surface area contributed by atoms with Crippen LogP contribution in [0.3, 0.4) is 0 Å². The third-order valence-corrected chi connectivity index (χ3v) is 6.86. The Balaban J connectivity index is 1.27. The summed E-state index contributed by atoms with van der Waals surface area (Å²) in [6, 6.07) is 15.8. The Kier molecular flexibility index (Phi) is 7.04. The Morgan fingerprint density at radius 2 is 2.06 bits per heavy atom. The fraction of sp³-hybridized carbons (Fsp3) is 0.308. The molecule has 0 unspecified atom stereocenters. The molecule has 1 fully saturated rings. The fourth-order valence-corrected chi connectivity index (χ4v) is 5.01. The number of para-hydroxylation sites is 1. The number of benzene rings is 2. The zero-order chi connectivity index (χ0) is 25.1. The Labute approximate surface area is 216 Å². The lowest BCUT2D eigenvalue weighted by atomic mass is 9.96. The summed E-state index contributed by atoms with van der Waals surface area (Å²) in [7, 11) is 0. The maximum absolute atomic E-state index is 13.1. The van der Waals surface area contributed by atoms with Crippen molar-refractivity contribution in [2.45, 2.75) is 37.5 Å². The lowest BCUT2D eigenvalue weighted by Gasteiger charge is -2.23. The second-order valence-corrected chi connectivity index (χ2v) is 9.85. The van der Waals surface area contributed by atoms with Crippen LogP contribution in [-0.4, -0.2) is 56.8 Å². The van der Waals surface area contributed by atoms with Crippen LogP contribution in [0.1, 0.15) is 29.9 Å². The van der Waals surface area contributed by atoms with Crippen LogP contribution in [0.4, 0.5) is 4.79 Å².